The number of morpholine rings is 1. The Kier molecular flexibility index (Phi) is 6.85. The second-order valence-corrected chi connectivity index (χ2v) is 11.1. The summed E-state index contributed by atoms with van der Waals surface area (Å²) in [6.45, 7) is 5.04. The number of anilines is 1. The van der Waals surface area contributed by atoms with Gasteiger partial charge in [-0.15, -0.1) is 11.8 Å². The molecule has 3 aromatic carbocycles. The van der Waals surface area contributed by atoms with E-state index in [0.29, 0.717) is 37.6 Å². The van der Waals surface area contributed by atoms with E-state index < -0.39 is 10.0 Å². The maximum Gasteiger partial charge on any atom is 0.243 e. The first-order chi connectivity index (χ1) is 15.3. The molecule has 0 radical (unpaired) electrons. The van der Waals surface area contributed by atoms with Gasteiger partial charge in [-0.05, 0) is 54.4 Å². The molecule has 1 atom stereocenters. The van der Waals surface area contributed by atoms with Gasteiger partial charge in [-0.25, -0.2) is 8.42 Å². The van der Waals surface area contributed by atoms with Crippen LogP contribution < -0.4 is 5.32 Å². The Morgan fingerprint density at radius 2 is 1.75 bits per heavy atom. The molecule has 4 rings (SSSR count). The maximum atomic E-state index is 13.1. The number of hydrogen-bond donors (Lipinski definition) is 1. The molecule has 1 N–H and O–H groups in total. The van der Waals surface area contributed by atoms with Crippen LogP contribution in [-0.2, 0) is 19.6 Å². The van der Waals surface area contributed by atoms with Crippen molar-refractivity contribution >= 4 is 44.2 Å². The highest BCUT2D eigenvalue weighted by Crippen LogP contribution is 2.29. The highest BCUT2D eigenvalue weighted by molar-refractivity contribution is 8.00. The standard InChI is InChI=1S/C24H26N2O4S2/c1-17-7-9-21(16-23(17)32(28,29)26-11-13-30-14-12-26)25-24(27)18(2)31-22-10-8-19-5-3-4-6-20(19)15-22/h3-10,15-16,18H,11-14H2,1-2H3,(H,25,27). The minimum Gasteiger partial charge on any atom is -0.379 e. The van der Waals surface area contributed by atoms with E-state index in [9.17, 15) is 13.2 Å². The van der Waals surface area contributed by atoms with E-state index in [0.717, 1.165) is 15.7 Å². The van der Waals surface area contributed by atoms with Crippen molar-refractivity contribution in [3.63, 3.8) is 0 Å². The van der Waals surface area contributed by atoms with Crippen LogP contribution in [0.15, 0.2) is 70.5 Å². The number of aryl methyl sites for hydroxylation is 1. The average molecular weight is 471 g/mol. The van der Waals surface area contributed by atoms with Crippen molar-refractivity contribution in [2.45, 2.75) is 28.9 Å². The number of thioether (sulfide) groups is 1. The third-order valence-electron chi connectivity index (χ3n) is 5.45. The fraction of sp³-hybridized carbons (Fsp3) is 0.292. The smallest absolute Gasteiger partial charge is 0.243 e. The van der Waals surface area contributed by atoms with Crippen molar-refractivity contribution < 1.29 is 17.9 Å². The number of fused-ring (bicyclic) bond motifs is 1. The van der Waals surface area contributed by atoms with Gasteiger partial charge in [0.1, 0.15) is 0 Å². The van der Waals surface area contributed by atoms with Crippen LogP contribution in [0.4, 0.5) is 5.69 Å². The first-order valence-corrected chi connectivity index (χ1v) is 12.8. The number of rotatable bonds is 6. The Morgan fingerprint density at radius 3 is 2.50 bits per heavy atom. The van der Waals surface area contributed by atoms with Gasteiger partial charge in [-0.1, -0.05) is 36.4 Å². The Bertz CT molecular complexity index is 1240. The average Bonchev–Trinajstić information content (AvgIpc) is 2.80. The SMILES string of the molecule is Cc1ccc(NC(=O)C(C)Sc2ccc3ccccc3c2)cc1S(=O)(=O)N1CCOCC1. The van der Waals surface area contributed by atoms with E-state index in [1.165, 1.54) is 16.1 Å². The third kappa shape index (κ3) is 4.99. The number of carbonyl (C=O) groups is 1. The molecule has 0 spiro atoms. The summed E-state index contributed by atoms with van der Waals surface area (Å²) in [5.74, 6) is -0.179. The molecule has 1 saturated heterocycles. The highest BCUT2D eigenvalue weighted by atomic mass is 32.2. The van der Waals surface area contributed by atoms with E-state index in [2.05, 4.69) is 17.4 Å². The molecule has 0 aliphatic carbocycles. The number of ether oxygens (including phenoxy) is 1. The fourth-order valence-corrected chi connectivity index (χ4v) is 6.20. The van der Waals surface area contributed by atoms with Gasteiger partial charge in [0.25, 0.3) is 0 Å². The lowest BCUT2D eigenvalue weighted by Gasteiger charge is -2.27. The summed E-state index contributed by atoms with van der Waals surface area (Å²) in [4.78, 5) is 14.0. The summed E-state index contributed by atoms with van der Waals surface area (Å²) in [6.07, 6.45) is 0. The van der Waals surface area contributed by atoms with Crippen LogP contribution in [0.2, 0.25) is 0 Å². The van der Waals surface area contributed by atoms with Gasteiger partial charge in [0.15, 0.2) is 0 Å². The number of hydrogen-bond acceptors (Lipinski definition) is 5. The van der Waals surface area contributed by atoms with E-state index in [1.807, 2.05) is 37.3 Å². The maximum absolute atomic E-state index is 13.1. The molecule has 8 heteroatoms. The minimum atomic E-state index is -3.64. The number of nitrogens with zero attached hydrogens (tertiary/aromatic N) is 1. The molecule has 3 aromatic rings. The van der Waals surface area contributed by atoms with Crippen molar-refractivity contribution in [3.05, 3.63) is 66.2 Å². The summed E-state index contributed by atoms with van der Waals surface area (Å²) in [6, 6.07) is 19.2. The summed E-state index contributed by atoms with van der Waals surface area (Å²) >= 11 is 1.47. The predicted molar refractivity (Wildman–Crippen MR) is 129 cm³/mol. The predicted octanol–water partition coefficient (Wildman–Crippen LogP) is 4.29. The van der Waals surface area contributed by atoms with Crippen LogP contribution in [0, 0.1) is 6.92 Å². The quantitative estimate of drug-likeness (QED) is 0.544. The zero-order valence-corrected chi connectivity index (χ0v) is 19.7. The largest absolute Gasteiger partial charge is 0.379 e. The lowest BCUT2D eigenvalue weighted by atomic mass is 10.1. The van der Waals surface area contributed by atoms with Gasteiger partial charge in [-0.3, -0.25) is 4.79 Å². The molecule has 1 aliphatic heterocycles. The van der Waals surface area contributed by atoms with Crippen LogP contribution >= 0.6 is 11.8 Å². The number of nitrogens with one attached hydrogen (secondary N) is 1. The van der Waals surface area contributed by atoms with E-state index in [-0.39, 0.29) is 16.1 Å². The molecule has 0 bridgehead atoms. The molecule has 6 nitrogen and oxygen atoms in total. The molecule has 1 amide bonds. The van der Waals surface area contributed by atoms with Crippen molar-refractivity contribution in [2.24, 2.45) is 0 Å². The van der Waals surface area contributed by atoms with Crippen molar-refractivity contribution in [3.8, 4) is 0 Å². The van der Waals surface area contributed by atoms with Gasteiger partial charge in [0, 0.05) is 23.7 Å². The number of benzene rings is 3. The summed E-state index contributed by atoms with van der Waals surface area (Å²) in [5.41, 5.74) is 1.12. The topological polar surface area (TPSA) is 75.7 Å². The summed E-state index contributed by atoms with van der Waals surface area (Å²) in [7, 11) is -3.64. The fourth-order valence-electron chi connectivity index (χ4n) is 3.62. The van der Waals surface area contributed by atoms with Crippen LogP contribution in [0.25, 0.3) is 10.8 Å². The molecule has 32 heavy (non-hydrogen) atoms. The molecule has 0 saturated carbocycles. The van der Waals surface area contributed by atoms with Crippen LogP contribution in [0.3, 0.4) is 0 Å². The van der Waals surface area contributed by atoms with Crippen molar-refractivity contribution in [2.75, 3.05) is 31.6 Å². The molecule has 1 heterocycles. The zero-order valence-electron chi connectivity index (χ0n) is 18.1. The Morgan fingerprint density at radius 1 is 1.03 bits per heavy atom. The van der Waals surface area contributed by atoms with E-state index >= 15 is 0 Å². The second kappa shape index (κ2) is 9.62. The molecule has 168 valence electrons. The summed E-state index contributed by atoms with van der Waals surface area (Å²) < 4.78 is 32.9. The van der Waals surface area contributed by atoms with Crippen molar-refractivity contribution in [1.29, 1.82) is 0 Å². The van der Waals surface area contributed by atoms with Gasteiger partial charge in [0.05, 0.1) is 23.4 Å². The second-order valence-electron chi connectivity index (χ2n) is 7.76. The lowest BCUT2D eigenvalue weighted by Crippen LogP contribution is -2.40. The van der Waals surface area contributed by atoms with Crippen LogP contribution in [-0.4, -0.2) is 50.2 Å². The van der Waals surface area contributed by atoms with Crippen molar-refractivity contribution in [1.82, 2.24) is 4.31 Å². The zero-order chi connectivity index (χ0) is 22.7. The van der Waals surface area contributed by atoms with E-state index in [4.69, 9.17) is 4.74 Å². The van der Waals surface area contributed by atoms with Gasteiger partial charge in [-0.2, -0.15) is 4.31 Å². The van der Waals surface area contributed by atoms with E-state index in [1.54, 1.807) is 25.1 Å². The lowest BCUT2D eigenvalue weighted by molar-refractivity contribution is -0.115. The molecule has 0 aromatic heterocycles. The normalized spacial score (nSPS) is 16.1. The highest BCUT2D eigenvalue weighted by Gasteiger charge is 2.28. The van der Waals surface area contributed by atoms with Crippen LogP contribution in [0.5, 0.6) is 0 Å². The monoisotopic (exact) mass is 470 g/mol. The van der Waals surface area contributed by atoms with Crippen LogP contribution in [0.1, 0.15) is 12.5 Å². The van der Waals surface area contributed by atoms with Gasteiger partial charge < -0.3 is 10.1 Å². The first-order valence-electron chi connectivity index (χ1n) is 10.5. The summed E-state index contributed by atoms with van der Waals surface area (Å²) in [5, 5.41) is 4.81. The Labute approximate surface area is 193 Å². The van der Waals surface area contributed by atoms with Gasteiger partial charge in [0.2, 0.25) is 15.9 Å². The number of sulfonamides is 1. The van der Waals surface area contributed by atoms with Gasteiger partial charge >= 0.3 is 0 Å². The molecular weight excluding hydrogens is 444 g/mol. The molecule has 1 unspecified atom stereocenters. The first kappa shape index (κ1) is 22.8. The molecular formula is C24H26N2O4S2. The Balaban J connectivity index is 1.48. The third-order valence-corrected chi connectivity index (χ3v) is 8.58. The Hall–Kier alpha value is -2.39. The molecule has 1 fully saturated rings. The minimum absolute atomic E-state index is 0.179. The number of carbonyl (C=O) groups excluding carboxylic acids is 1. The molecule has 1 aliphatic rings. The number of amides is 1.